The summed E-state index contributed by atoms with van der Waals surface area (Å²) in [6.45, 7) is -1.42. The maximum atomic E-state index is 12.0. The second kappa shape index (κ2) is 7.11. The number of aromatic amines is 1. The number of thioether (sulfide) groups is 1. The van der Waals surface area contributed by atoms with Crippen molar-refractivity contribution in [3.8, 4) is 5.88 Å². The average Bonchev–Trinajstić information content (AvgIpc) is 2.97. The largest absolute Gasteiger partial charge is 0.468 e. The number of amides is 1. The predicted molar refractivity (Wildman–Crippen MR) is 71.5 cm³/mol. The Balaban J connectivity index is 1.79. The zero-order valence-electron chi connectivity index (χ0n) is 10.9. The Kier molecular flexibility index (Phi) is 5.20. The molecular formula is C11H10F3N5O2S. The number of aromatic nitrogens is 4. The number of halogens is 3. The predicted octanol–water partition coefficient (Wildman–Crippen LogP) is 1.87. The lowest BCUT2D eigenvalue weighted by molar-refractivity contribution is -0.154. The lowest BCUT2D eigenvalue weighted by atomic mass is 10.4. The van der Waals surface area contributed by atoms with E-state index in [9.17, 15) is 18.0 Å². The third kappa shape index (κ3) is 5.60. The third-order valence-corrected chi connectivity index (χ3v) is 3.01. The van der Waals surface area contributed by atoms with Crippen LogP contribution in [0.3, 0.4) is 0 Å². The van der Waals surface area contributed by atoms with E-state index in [1.165, 1.54) is 24.7 Å². The topological polar surface area (TPSA) is 92.8 Å². The summed E-state index contributed by atoms with van der Waals surface area (Å²) >= 11 is 1.16. The van der Waals surface area contributed by atoms with E-state index in [-0.39, 0.29) is 17.5 Å². The summed E-state index contributed by atoms with van der Waals surface area (Å²) in [4.78, 5) is 19.2. The summed E-state index contributed by atoms with van der Waals surface area (Å²) in [5, 5.41) is 9.27. The number of carbonyl (C=O) groups is 1. The lowest BCUT2D eigenvalue weighted by Gasteiger charge is -2.09. The number of H-pyrrole nitrogens is 1. The molecule has 1 amide bonds. The van der Waals surface area contributed by atoms with Gasteiger partial charge in [0.15, 0.2) is 11.8 Å². The number of alkyl halides is 3. The minimum absolute atomic E-state index is 0.0987. The molecule has 11 heteroatoms. The SMILES string of the molecule is O=C(CSc1ncn[nH]1)Nc1ccc(OCC(F)(F)F)nc1. The third-order valence-electron chi connectivity index (χ3n) is 2.14. The van der Waals surface area contributed by atoms with Gasteiger partial charge in [0.25, 0.3) is 0 Å². The van der Waals surface area contributed by atoms with Crippen molar-refractivity contribution in [1.29, 1.82) is 0 Å². The number of hydrogen-bond acceptors (Lipinski definition) is 6. The maximum Gasteiger partial charge on any atom is 0.422 e. The molecule has 0 unspecified atom stereocenters. The van der Waals surface area contributed by atoms with E-state index in [1.807, 2.05) is 0 Å². The van der Waals surface area contributed by atoms with Crippen LogP contribution >= 0.6 is 11.8 Å². The molecule has 2 heterocycles. The van der Waals surface area contributed by atoms with E-state index in [4.69, 9.17) is 0 Å². The molecule has 2 aromatic rings. The van der Waals surface area contributed by atoms with Gasteiger partial charge in [0, 0.05) is 6.07 Å². The summed E-state index contributed by atoms with van der Waals surface area (Å²) in [5.41, 5.74) is 0.350. The Morgan fingerprint density at radius 1 is 1.36 bits per heavy atom. The van der Waals surface area contributed by atoms with Crippen molar-refractivity contribution in [2.75, 3.05) is 17.7 Å². The molecule has 0 aromatic carbocycles. The number of nitrogens with zero attached hydrogens (tertiary/aromatic N) is 3. The smallest absolute Gasteiger partial charge is 0.422 e. The van der Waals surface area contributed by atoms with Gasteiger partial charge in [-0.3, -0.25) is 9.89 Å². The average molecular weight is 333 g/mol. The van der Waals surface area contributed by atoms with E-state index < -0.39 is 12.8 Å². The Labute approximate surface area is 126 Å². The molecule has 2 N–H and O–H groups in total. The molecule has 118 valence electrons. The minimum atomic E-state index is -4.42. The highest BCUT2D eigenvalue weighted by molar-refractivity contribution is 7.99. The van der Waals surface area contributed by atoms with Gasteiger partial charge in [-0.05, 0) is 6.07 Å². The first-order valence-corrected chi connectivity index (χ1v) is 6.84. The highest BCUT2D eigenvalue weighted by Crippen LogP contribution is 2.18. The minimum Gasteiger partial charge on any atom is -0.468 e. The number of anilines is 1. The molecule has 0 atom stereocenters. The summed E-state index contributed by atoms with van der Waals surface area (Å²) < 4.78 is 40.4. The molecule has 0 aliphatic rings. The van der Waals surface area contributed by atoms with Crippen LogP contribution in [-0.2, 0) is 4.79 Å². The standard InChI is InChI=1S/C11H10F3N5O2S/c12-11(13,14)5-21-9-2-1-7(3-15-9)18-8(20)4-22-10-16-6-17-19-10/h1-3,6H,4-5H2,(H,18,20)(H,16,17,19). The molecule has 0 aliphatic carbocycles. The fourth-order valence-corrected chi connectivity index (χ4v) is 1.87. The Morgan fingerprint density at radius 2 is 2.18 bits per heavy atom. The van der Waals surface area contributed by atoms with Crippen LogP contribution in [0.4, 0.5) is 18.9 Å². The van der Waals surface area contributed by atoms with Gasteiger partial charge in [-0.25, -0.2) is 9.97 Å². The highest BCUT2D eigenvalue weighted by atomic mass is 32.2. The van der Waals surface area contributed by atoms with Crippen LogP contribution in [0, 0.1) is 0 Å². The van der Waals surface area contributed by atoms with Crippen LogP contribution in [-0.4, -0.2) is 44.6 Å². The Morgan fingerprint density at radius 3 is 2.77 bits per heavy atom. The number of ether oxygens (including phenoxy) is 1. The fraction of sp³-hybridized carbons (Fsp3) is 0.273. The molecule has 0 bridgehead atoms. The lowest BCUT2D eigenvalue weighted by Crippen LogP contribution is -2.19. The van der Waals surface area contributed by atoms with Gasteiger partial charge >= 0.3 is 6.18 Å². The Hall–Kier alpha value is -2.30. The van der Waals surface area contributed by atoms with Crippen LogP contribution in [0.5, 0.6) is 5.88 Å². The van der Waals surface area contributed by atoms with E-state index >= 15 is 0 Å². The van der Waals surface area contributed by atoms with Gasteiger partial charge in [-0.1, -0.05) is 11.8 Å². The number of rotatable bonds is 6. The van der Waals surface area contributed by atoms with E-state index in [0.717, 1.165) is 11.8 Å². The fourth-order valence-electron chi connectivity index (χ4n) is 1.29. The molecule has 2 rings (SSSR count). The zero-order chi connectivity index (χ0) is 16.0. The van der Waals surface area contributed by atoms with Crippen molar-refractivity contribution in [2.45, 2.75) is 11.3 Å². The van der Waals surface area contributed by atoms with Crippen LogP contribution in [0.25, 0.3) is 0 Å². The summed E-state index contributed by atoms with van der Waals surface area (Å²) in [5.74, 6) is -0.389. The summed E-state index contributed by atoms with van der Waals surface area (Å²) in [6.07, 6.45) is -1.89. The van der Waals surface area contributed by atoms with Gasteiger partial charge in [0.2, 0.25) is 11.8 Å². The molecule has 0 aliphatic heterocycles. The molecule has 0 radical (unpaired) electrons. The van der Waals surface area contributed by atoms with Crippen molar-refractivity contribution in [3.63, 3.8) is 0 Å². The second-order valence-corrected chi connectivity index (χ2v) is 4.88. The van der Waals surface area contributed by atoms with Crippen LogP contribution in [0.2, 0.25) is 0 Å². The first kappa shape index (κ1) is 16.1. The van der Waals surface area contributed by atoms with Crippen molar-refractivity contribution in [1.82, 2.24) is 20.2 Å². The summed E-state index contributed by atoms with van der Waals surface area (Å²) in [7, 11) is 0. The van der Waals surface area contributed by atoms with Crippen molar-refractivity contribution in [3.05, 3.63) is 24.7 Å². The van der Waals surface area contributed by atoms with E-state index in [0.29, 0.717) is 10.8 Å². The van der Waals surface area contributed by atoms with Crippen LogP contribution < -0.4 is 10.1 Å². The number of pyridine rings is 1. The molecule has 22 heavy (non-hydrogen) atoms. The highest BCUT2D eigenvalue weighted by Gasteiger charge is 2.28. The quantitative estimate of drug-likeness (QED) is 0.784. The second-order valence-electron chi connectivity index (χ2n) is 3.92. The maximum absolute atomic E-state index is 12.0. The molecule has 7 nitrogen and oxygen atoms in total. The number of carbonyl (C=O) groups excluding carboxylic acids is 1. The van der Waals surface area contributed by atoms with Gasteiger partial charge < -0.3 is 10.1 Å². The molecule has 0 fully saturated rings. The van der Waals surface area contributed by atoms with Crippen molar-refractivity contribution >= 4 is 23.4 Å². The first-order valence-electron chi connectivity index (χ1n) is 5.86. The van der Waals surface area contributed by atoms with Gasteiger partial charge in [0.05, 0.1) is 17.6 Å². The first-order chi connectivity index (χ1) is 10.4. The number of nitrogens with one attached hydrogen (secondary N) is 2. The van der Waals surface area contributed by atoms with Gasteiger partial charge in [-0.15, -0.1) is 0 Å². The van der Waals surface area contributed by atoms with E-state index in [1.54, 1.807) is 0 Å². The molecule has 0 saturated carbocycles. The van der Waals surface area contributed by atoms with Crippen LogP contribution in [0.15, 0.2) is 29.8 Å². The monoisotopic (exact) mass is 333 g/mol. The number of hydrogen-bond donors (Lipinski definition) is 2. The van der Waals surface area contributed by atoms with Crippen LogP contribution in [0.1, 0.15) is 0 Å². The zero-order valence-corrected chi connectivity index (χ0v) is 11.7. The molecule has 0 saturated heterocycles. The van der Waals surface area contributed by atoms with E-state index in [2.05, 4.69) is 30.2 Å². The van der Waals surface area contributed by atoms with Gasteiger partial charge in [-0.2, -0.15) is 18.3 Å². The van der Waals surface area contributed by atoms with Crippen molar-refractivity contribution in [2.24, 2.45) is 0 Å². The molecular weight excluding hydrogens is 323 g/mol. The molecule has 2 aromatic heterocycles. The molecule has 0 spiro atoms. The normalized spacial score (nSPS) is 11.2. The van der Waals surface area contributed by atoms with Crippen molar-refractivity contribution < 1.29 is 22.7 Å². The Bertz CT molecular complexity index is 603. The van der Waals surface area contributed by atoms with Gasteiger partial charge in [0.1, 0.15) is 6.33 Å². The summed E-state index contributed by atoms with van der Waals surface area (Å²) in [6, 6.07) is 2.64.